The van der Waals surface area contributed by atoms with Gasteiger partial charge in [0.25, 0.3) is 0 Å². The van der Waals surface area contributed by atoms with Crippen molar-refractivity contribution in [3.63, 3.8) is 0 Å². The van der Waals surface area contributed by atoms with E-state index in [1.54, 1.807) is 6.92 Å². The molecule has 5 N–H and O–H groups in total. The Balaban J connectivity index is 2.62. The first-order chi connectivity index (χ1) is 7.78. The van der Waals surface area contributed by atoms with Crippen LogP contribution in [0.2, 0.25) is 0 Å². The Morgan fingerprint density at radius 2 is 2.00 bits per heavy atom. The summed E-state index contributed by atoms with van der Waals surface area (Å²) in [7, 11) is 0. The number of amides is 2. The van der Waals surface area contributed by atoms with E-state index in [0.717, 1.165) is 0 Å². The van der Waals surface area contributed by atoms with E-state index >= 15 is 0 Å². The van der Waals surface area contributed by atoms with Crippen molar-refractivity contribution in [1.82, 2.24) is 5.32 Å². The fraction of sp³-hybridized carbons (Fsp3) is 0.727. The Morgan fingerprint density at radius 3 is 2.35 bits per heavy atom. The van der Waals surface area contributed by atoms with E-state index in [9.17, 15) is 9.59 Å². The lowest BCUT2D eigenvalue weighted by Crippen LogP contribution is -2.57. The molecule has 17 heavy (non-hydrogen) atoms. The standard InChI is InChI=1S/C11H19N3O2S/c1-6-4-11(5-6,9(13)17)10(16)14-7(2)3-8(12)15/h6-7H,3-5H2,1-2H3,(H2,12,15)(H2,13,17)(H,14,16). The molecule has 1 rings (SSSR count). The van der Waals surface area contributed by atoms with E-state index in [1.165, 1.54) is 0 Å². The van der Waals surface area contributed by atoms with Crippen LogP contribution in [-0.4, -0.2) is 22.8 Å². The summed E-state index contributed by atoms with van der Waals surface area (Å²) in [5.74, 6) is -0.172. The second-order valence-corrected chi connectivity index (χ2v) is 5.44. The maximum Gasteiger partial charge on any atom is 0.233 e. The summed E-state index contributed by atoms with van der Waals surface area (Å²) in [5, 5.41) is 2.75. The third kappa shape index (κ3) is 2.94. The highest BCUT2D eigenvalue weighted by atomic mass is 32.1. The molecule has 0 heterocycles. The summed E-state index contributed by atoms with van der Waals surface area (Å²) in [6, 6.07) is -0.290. The van der Waals surface area contributed by atoms with Crippen LogP contribution >= 0.6 is 12.2 Å². The van der Waals surface area contributed by atoms with Crippen LogP contribution in [0.3, 0.4) is 0 Å². The molecule has 6 heteroatoms. The summed E-state index contributed by atoms with van der Waals surface area (Å²) in [5.41, 5.74) is 10.00. The lowest BCUT2D eigenvalue weighted by Gasteiger charge is -2.44. The van der Waals surface area contributed by atoms with Crippen molar-refractivity contribution in [2.45, 2.75) is 39.2 Å². The maximum atomic E-state index is 12.1. The first-order valence-corrected chi connectivity index (χ1v) is 6.08. The number of nitrogens with one attached hydrogen (secondary N) is 1. The van der Waals surface area contributed by atoms with Crippen molar-refractivity contribution >= 4 is 29.0 Å². The average Bonchev–Trinajstić information content (AvgIpc) is 2.09. The Hall–Kier alpha value is -1.17. The average molecular weight is 257 g/mol. The zero-order chi connectivity index (χ0) is 13.2. The molecule has 1 unspecified atom stereocenters. The number of hydrogen-bond acceptors (Lipinski definition) is 3. The summed E-state index contributed by atoms with van der Waals surface area (Å²) >= 11 is 4.98. The monoisotopic (exact) mass is 257 g/mol. The van der Waals surface area contributed by atoms with E-state index in [1.807, 2.05) is 0 Å². The van der Waals surface area contributed by atoms with Crippen molar-refractivity contribution in [3.8, 4) is 0 Å². The number of rotatable bonds is 5. The minimum Gasteiger partial charge on any atom is -0.392 e. The molecule has 0 bridgehead atoms. The molecule has 2 amide bonds. The summed E-state index contributed by atoms with van der Waals surface area (Å²) < 4.78 is 0. The number of primary amides is 1. The predicted molar refractivity (Wildman–Crippen MR) is 69.0 cm³/mol. The fourth-order valence-electron chi connectivity index (χ4n) is 2.34. The molecule has 0 aliphatic heterocycles. The number of carbonyl (C=O) groups excluding carboxylic acids is 2. The summed E-state index contributed by atoms with van der Waals surface area (Å²) in [6.07, 6.45) is 1.48. The van der Waals surface area contributed by atoms with Crippen molar-refractivity contribution in [2.75, 3.05) is 0 Å². The van der Waals surface area contributed by atoms with Gasteiger partial charge < -0.3 is 16.8 Å². The van der Waals surface area contributed by atoms with Gasteiger partial charge in [-0.15, -0.1) is 0 Å². The van der Waals surface area contributed by atoms with E-state index in [2.05, 4.69) is 12.2 Å². The van der Waals surface area contributed by atoms with E-state index in [4.69, 9.17) is 23.7 Å². The number of thiocarbonyl (C=S) groups is 1. The van der Waals surface area contributed by atoms with Gasteiger partial charge in [-0.3, -0.25) is 9.59 Å². The second-order valence-electron chi connectivity index (χ2n) is 5.00. The minimum atomic E-state index is -0.722. The van der Waals surface area contributed by atoms with Crippen molar-refractivity contribution in [3.05, 3.63) is 0 Å². The SMILES string of the molecule is CC1CC(C(=O)NC(C)CC(N)=O)(C(N)=S)C1. The zero-order valence-electron chi connectivity index (χ0n) is 10.2. The van der Waals surface area contributed by atoms with E-state index in [0.29, 0.717) is 18.8 Å². The van der Waals surface area contributed by atoms with Gasteiger partial charge in [-0.05, 0) is 25.7 Å². The first kappa shape index (κ1) is 13.9. The van der Waals surface area contributed by atoms with Crippen LogP contribution in [0.4, 0.5) is 0 Å². The molecule has 0 spiro atoms. The summed E-state index contributed by atoms with van der Waals surface area (Å²) in [6.45, 7) is 3.79. The van der Waals surface area contributed by atoms with E-state index < -0.39 is 11.3 Å². The Morgan fingerprint density at radius 1 is 1.47 bits per heavy atom. The number of carbonyl (C=O) groups is 2. The van der Waals surface area contributed by atoms with Gasteiger partial charge in [0.2, 0.25) is 11.8 Å². The molecule has 0 aromatic heterocycles. The van der Waals surface area contributed by atoms with Gasteiger partial charge in [0.15, 0.2) is 0 Å². The normalized spacial score (nSPS) is 28.9. The lowest BCUT2D eigenvalue weighted by molar-refractivity contribution is -0.133. The van der Waals surface area contributed by atoms with Crippen molar-refractivity contribution in [1.29, 1.82) is 0 Å². The molecule has 0 aromatic carbocycles. The first-order valence-electron chi connectivity index (χ1n) is 5.67. The molecule has 0 aromatic rings. The van der Waals surface area contributed by atoms with Gasteiger partial charge in [0, 0.05) is 12.5 Å². The molecular formula is C11H19N3O2S. The van der Waals surface area contributed by atoms with Crippen LogP contribution in [-0.2, 0) is 9.59 Å². The molecule has 0 saturated heterocycles. The van der Waals surface area contributed by atoms with Crippen LogP contribution < -0.4 is 16.8 Å². The summed E-state index contributed by atoms with van der Waals surface area (Å²) in [4.78, 5) is 23.1. The maximum absolute atomic E-state index is 12.1. The molecule has 1 saturated carbocycles. The van der Waals surface area contributed by atoms with Crippen LogP contribution in [0.5, 0.6) is 0 Å². The van der Waals surface area contributed by atoms with Crippen LogP contribution in [0, 0.1) is 11.3 Å². The second kappa shape index (κ2) is 5.00. The molecule has 1 aliphatic carbocycles. The van der Waals surface area contributed by atoms with Gasteiger partial charge >= 0.3 is 0 Å². The predicted octanol–water partition coefficient (Wildman–Crippen LogP) is 0.0689. The molecule has 5 nitrogen and oxygen atoms in total. The van der Waals surface area contributed by atoms with Crippen LogP contribution in [0.1, 0.15) is 33.1 Å². The third-order valence-corrected chi connectivity index (χ3v) is 3.58. The zero-order valence-corrected chi connectivity index (χ0v) is 11.0. The van der Waals surface area contributed by atoms with Crippen molar-refractivity contribution in [2.24, 2.45) is 22.8 Å². The molecule has 1 atom stereocenters. The molecule has 0 radical (unpaired) electrons. The molecule has 96 valence electrons. The van der Waals surface area contributed by atoms with Gasteiger partial charge in [-0.1, -0.05) is 19.1 Å². The van der Waals surface area contributed by atoms with Gasteiger partial charge in [0.1, 0.15) is 0 Å². The van der Waals surface area contributed by atoms with Crippen molar-refractivity contribution < 1.29 is 9.59 Å². The van der Waals surface area contributed by atoms with Gasteiger partial charge in [-0.25, -0.2) is 0 Å². The third-order valence-electron chi connectivity index (χ3n) is 3.19. The highest BCUT2D eigenvalue weighted by Crippen LogP contribution is 2.46. The Labute approximate surface area is 106 Å². The van der Waals surface area contributed by atoms with Gasteiger partial charge in [0.05, 0.1) is 10.4 Å². The highest BCUT2D eigenvalue weighted by molar-refractivity contribution is 7.80. The Kier molecular flexibility index (Phi) is 4.08. The fourth-order valence-corrected chi connectivity index (χ4v) is 2.60. The molecular weight excluding hydrogens is 238 g/mol. The smallest absolute Gasteiger partial charge is 0.233 e. The van der Waals surface area contributed by atoms with Crippen LogP contribution in [0.15, 0.2) is 0 Å². The largest absolute Gasteiger partial charge is 0.392 e. The molecule has 1 aliphatic rings. The van der Waals surface area contributed by atoms with Gasteiger partial charge in [-0.2, -0.15) is 0 Å². The quantitative estimate of drug-likeness (QED) is 0.607. The molecule has 1 fully saturated rings. The van der Waals surface area contributed by atoms with E-state index in [-0.39, 0.29) is 23.4 Å². The lowest BCUT2D eigenvalue weighted by atomic mass is 9.62. The number of nitrogens with two attached hydrogens (primary N) is 2. The number of hydrogen-bond donors (Lipinski definition) is 3. The Bertz CT molecular complexity index is 351. The highest BCUT2D eigenvalue weighted by Gasteiger charge is 2.51. The minimum absolute atomic E-state index is 0.120. The van der Waals surface area contributed by atoms with Crippen LogP contribution in [0.25, 0.3) is 0 Å². The topological polar surface area (TPSA) is 98.2 Å².